The Balaban J connectivity index is 1.64. The van der Waals surface area contributed by atoms with Gasteiger partial charge >= 0.3 is 0 Å². The van der Waals surface area contributed by atoms with E-state index >= 15 is 0 Å². The van der Waals surface area contributed by atoms with E-state index in [1.54, 1.807) is 20.0 Å². The van der Waals surface area contributed by atoms with Crippen molar-refractivity contribution >= 4 is 10.0 Å². The molecule has 0 atom stereocenters. The molecule has 0 aliphatic heterocycles. The Morgan fingerprint density at radius 1 is 1.17 bits per heavy atom. The number of nitrogens with one attached hydrogen (secondary N) is 3. The fraction of sp³-hybridized carbons (Fsp3) is 0.250. The second-order valence-electron chi connectivity index (χ2n) is 5.53. The highest BCUT2D eigenvalue weighted by atomic mass is 32.2. The molecule has 0 radical (unpaired) electrons. The molecule has 3 N–H and O–H groups in total. The highest BCUT2D eigenvalue weighted by molar-refractivity contribution is 7.89. The molecule has 0 aliphatic rings. The lowest BCUT2D eigenvalue weighted by Gasteiger charge is -2.06. The van der Waals surface area contributed by atoms with Gasteiger partial charge in [-0.3, -0.25) is 5.10 Å². The topological polar surface area (TPSA) is 104 Å². The van der Waals surface area contributed by atoms with E-state index in [2.05, 4.69) is 24.9 Å². The number of rotatable bonds is 6. The van der Waals surface area contributed by atoms with Crippen LogP contribution in [0.4, 0.5) is 0 Å². The number of aromatic nitrogens is 4. The fourth-order valence-corrected chi connectivity index (χ4v) is 3.96. The SMILES string of the molecule is Cc1n[nH]c(C)c1S(=O)(=O)NCCc1cnc(-c2ccccc2)[nH]1. The quantitative estimate of drug-likeness (QED) is 0.635. The van der Waals surface area contributed by atoms with Crippen molar-refractivity contribution in [1.82, 2.24) is 24.9 Å². The van der Waals surface area contributed by atoms with E-state index in [-0.39, 0.29) is 11.4 Å². The van der Waals surface area contributed by atoms with Gasteiger partial charge in [0.2, 0.25) is 10.0 Å². The van der Waals surface area contributed by atoms with Crippen molar-refractivity contribution in [2.75, 3.05) is 6.54 Å². The second kappa shape index (κ2) is 6.58. The average molecular weight is 345 g/mol. The zero-order chi connectivity index (χ0) is 17.2. The largest absolute Gasteiger partial charge is 0.342 e. The Hall–Kier alpha value is -2.45. The molecule has 0 amide bonds. The van der Waals surface area contributed by atoms with Crippen molar-refractivity contribution in [1.29, 1.82) is 0 Å². The number of H-pyrrole nitrogens is 2. The normalized spacial score (nSPS) is 11.8. The molecular weight excluding hydrogens is 326 g/mol. The average Bonchev–Trinajstić information content (AvgIpc) is 3.15. The maximum absolute atomic E-state index is 12.4. The number of nitrogens with zero attached hydrogens (tertiary/aromatic N) is 2. The van der Waals surface area contributed by atoms with Gasteiger partial charge in [-0.15, -0.1) is 0 Å². The highest BCUT2D eigenvalue weighted by Crippen LogP contribution is 2.17. The molecule has 0 saturated heterocycles. The molecule has 2 heterocycles. The smallest absolute Gasteiger partial charge is 0.244 e. The van der Waals surface area contributed by atoms with Crippen LogP contribution in [-0.4, -0.2) is 35.1 Å². The summed E-state index contributed by atoms with van der Waals surface area (Å²) in [5.74, 6) is 0.773. The van der Waals surface area contributed by atoms with Crippen molar-refractivity contribution in [3.63, 3.8) is 0 Å². The second-order valence-corrected chi connectivity index (χ2v) is 7.24. The molecule has 2 aromatic heterocycles. The number of hydrogen-bond acceptors (Lipinski definition) is 4. The summed E-state index contributed by atoms with van der Waals surface area (Å²) < 4.78 is 27.3. The molecule has 0 saturated carbocycles. The maximum atomic E-state index is 12.4. The lowest BCUT2D eigenvalue weighted by Crippen LogP contribution is -2.27. The van der Waals surface area contributed by atoms with Crippen LogP contribution in [0.2, 0.25) is 0 Å². The van der Waals surface area contributed by atoms with Crippen LogP contribution in [-0.2, 0) is 16.4 Å². The van der Waals surface area contributed by atoms with E-state index in [1.807, 2.05) is 30.3 Å². The lowest BCUT2D eigenvalue weighted by atomic mass is 10.2. The molecular formula is C16H19N5O2S. The third kappa shape index (κ3) is 3.39. The summed E-state index contributed by atoms with van der Waals surface area (Å²) in [7, 11) is -3.57. The first-order valence-electron chi connectivity index (χ1n) is 7.58. The van der Waals surface area contributed by atoms with Crippen molar-refractivity contribution in [3.8, 4) is 11.4 Å². The first kappa shape index (κ1) is 16.4. The van der Waals surface area contributed by atoms with E-state index in [0.717, 1.165) is 17.1 Å². The summed E-state index contributed by atoms with van der Waals surface area (Å²) in [5, 5.41) is 6.61. The molecule has 24 heavy (non-hydrogen) atoms. The van der Waals surface area contributed by atoms with Gasteiger partial charge in [0.25, 0.3) is 0 Å². The number of aryl methyl sites for hydroxylation is 2. The van der Waals surface area contributed by atoms with Gasteiger partial charge in [-0.1, -0.05) is 30.3 Å². The van der Waals surface area contributed by atoms with Gasteiger partial charge in [-0.05, 0) is 13.8 Å². The Bertz CT molecular complexity index is 909. The van der Waals surface area contributed by atoms with Crippen molar-refractivity contribution in [3.05, 3.63) is 53.6 Å². The van der Waals surface area contributed by atoms with Crippen LogP contribution < -0.4 is 4.72 Å². The van der Waals surface area contributed by atoms with Gasteiger partial charge in [-0.25, -0.2) is 18.1 Å². The van der Waals surface area contributed by atoms with Crippen LogP contribution in [0.3, 0.4) is 0 Å². The number of hydrogen-bond donors (Lipinski definition) is 3. The maximum Gasteiger partial charge on any atom is 0.244 e. The van der Waals surface area contributed by atoms with Gasteiger partial charge in [-0.2, -0.15) is 5.10 Å². The Morgan fingerprint density at radius 2 is 1.92 bits per heavy atom. The number of benzene rings is 1. The third-order valence-corrected chi connectivity index (χ3v) is 5.41. The zero-order valence-corrected chi connectivity index (χ0v) is 14.3. The lowest BCUT2D eigenvalue weighted by molar-refractivity contribution is 0.580. The van der Waals surface area contributed by atoms with Gasteiger partial charge < -0.3 is 4.98 Å². The van der Waals surface area contributed by atoms with Gasteiger partial charge in [0.05, 0.1) is 11.4 Å². The molecule has 0 spiro atoms. The minimum atomic E-state index is -3.57. The van der Waals surface area contributed by atoms with E-state index in [1.165, 1.54) is 0 Å². The van der Waals surface area contributed by atoms with Crippen molar-refractivity contribution < 1.29 is 8.42 Å². The molecule has 0 aliphatic carbocycles. The fourth-order valence-electron chi connectivity index (χ4n) is 2.56. The van der Waals surface area contributed by atoms with Gasteiger partial charge in [0.15, 0.2) is 0 Å². The van der Waals surface area contributed by atoms with Crippen LogP contribution in [0.1, 0.15) is 17.1 Å². The van der Waals surface area contributed by atoms with Gasteiger partial charge in [0, 0.05) is 30.4 Å². The van der Waals surface area contributed by atoms with Crippen LogP contribution in [0.25, 0.3) is 11.4 Å². The number of aromatic amines is 2. The van der Waals surface area contributed by atoms with E-state index < -0.39 is 10.0 Å². The minimum Gasteiger partial charge on any atom is -0.342 e. The summed E-state index contributed by atoms with van der Waals surface area (Å²) in [4.78, 5) is 7.76. The summed E-state index contributed by atoms with van der Waals surface area (Å²) in [6.07, 6.45) is 2.25. The number of imidazole rings is 1. The standard InChI is InChI=1S/C16H19N5O2S/c1-11-15(12(2)21-20-11)24(22,23)18-9-8-14-10-17-16(19-14)13-6-4-3-5-7-13/h3-7,10,18H,8-9H2,1-2H3,(H,17,19)(H,20,21). The summed E-state index contributed by atoms with van der Waals surface area (Å²) in [6, 6.07) is 9.77. The predicted octanol–water partition coefficient (Wildman–Crippen LogP) is 1.94. The van der Waals surface area contributed by atoms with Crippen LogP contribution >= 0.6 is 0 Å². The molecule has 0 bridgehead atoms. The van der Waals surface area contributed by atoms with E-state index in [0.29, 0.717) is 17.8 Å². The first-order chi connectivity index (χ1) is 11.5. The van der Waals surface area contributed by atoms with E-state index in [4.69, 9.17) is 0 Å². The summed E-state index contributed by atoms with van der Waals surface area (Å²) in [6.45, 7) is 3.64. The Kier molecular flexibility index (Phi) is 4.50. The molecule has 3 rings (SSSR count). The Labute approximate surface area is 140 Å². The van der Waals surface area contributed by atoms with E-state index in [9.17, 15) is 8.42 Å². The van der Waals surface area contributed by atoms with Crippen LogP contribution in [0.5, 0.6) is 0 Å². The minimum absolute atomic E-state index is 0.220. The third-order valence-electron chi connectivity index (χ3n) is 3.69. The monoisotopic (exact) mass is 345 g/mol. The van der Waals surface area contributed by atoms with Crippen molar-refractivity contribution in [2.24, 2.45) is 0 Å². The first-order valence-corrected chi connectivity index (χ1v) is 9.06. The van der Waals surface area contributed by atoms with Crippen LogP contribution in [0, 0.1) is 13.8 Å². The number of sulfonamides is 1. The molecule has 7 nitrogen and oxygen atoms in total. The predicted molar refractivity (Wildman–Crippen MR) is 91.0 cm³/mol. The summed E-state index contributed by atoms with van der Waals surface area (Å²) in [5.41, 5.74) is 2.87. The zero-order valence-electron chi connectivity index (χ0n) is 13.5. The molecule has 8 heteroatoms. The molecule has 1 aromatic carbocycles. The molecule has 0 fully saturated rings. The highest BCUT2D eigenvalue weighted by Gasteiger charge is 2.21. The molecule has 0 unspecified atom stereocenters. The van der Waals surface area contributed by atoms with Gasteiger partial charge in [0.1, 0.15) is 10.7 Å². The van der Waals surface area contributed by atoms with Crippen molar-refractivity contribution in [2.45, 2.75) is 25.2 Å². The Morgan fingerprint density at radius 3 is 2.58 bits per heavy atom. The van der Waals surface area contributed by atoms with Crippen LogP contribution in [0.15, 0.2) is 41.4 Å². The summed E-state index contributed by atoms with van der Waals surface area (Å²) >= 11 is 0. The molecule has 126 valence electrons. The molecule has 3 aromatic rings.